The zero-order chi connectivity index (χ0) is 24.7. The minimum absolute atomic E-state index is 0.0564. The van der Waals surface area contributed by atoms with Crippen molar-refractivity contribution in [3.8, 4) is 0 Å². The summed E-state index contributed by atoms with van der Waals surface area (Å²) in [6.45, 7) is 1.25. The molecule has 3 nitrogen and oxygen atoms in total. The van der Waals surface area contributed by atoms with Crippen molar-refractivity contribution in [2.24, 2.45) is 11.8 Å². The van der Waals surface area contributed by atoms with Gasteiger partial charge in [0, 0.05) is 6.42 Å². The molecule has 0 N–H and O–H groups in total. The summed E-state index contributed by atoms with van der Waals surface area (Å²) in [4.78, 5) is 13.4. The molecule has 0 aromatic heterocycles. The Hall–Kier alpha value is -0.570. The number of nitrogens with zero attached hydrogens (tertiary/aromatic N) is 1. The van der Waals surface area contributed by atoms with Crippen molar-refractivity contribution in [1.82, 2.24) is 4.90 Å². The molecule has 0 heterocycles. The highest BCUT2D eigenvalue weighted by Gasteiger charge is 2.34. The van der Waals surface area contributed by atoms with Crippen LogP contribution in [-0.4, -0.2) is 38.6 Å². The van der Waals surface area contributed by atoms with Gasteiger partial charge in [0.15, 0.2) is 0 Å². The molecule has 202 valence electrons. The number of hydrogen-bond donors (Lipinski definition) is 0. The summed E-state index contributed by atoms with van der Waals surface area (Å²) in [6, 6.07) is 0. The van der Waals surface area contributed by atoms with Gasteiger partial charge < -0.3 is 9.64 Å². The maximum Gasteiger partial charge on any atom is 0.305 e. The van der Waals surface area contributed by atoms with E-state index in [0.29, 0.717) is 6.42 Å². The van der Waals surface area contributed by atoms with E-state index in [1.165, 1.54) is 155 Å². The Kier molecular flexibility index (Phi) is 21.2. The lowest BCUT2D eigenvalue weighted by molar-refractivity contribution is -0.140. The van der Waals surface area contributed by atoms with E-state index in [4.69, 9.17) is 0 Å². The second-order valence-corrected chi connectivity index (χ2v) is 11.5. The minimum atomic E-state index is -0.0564. The molecule has 1 rings (SSSR count). The third-order valence-electron chi connectivity index (χ3n) is 7.93. The van der Waals surface area contributed by atoms with Gasteiger partial charge in [-0.2, -0.15) is 0 Å². The van der Waals surface area contributed by atoms with Crippen LogP contribution in [0.15, 0.2) is 0 Å². The molecule has 0 saturated heterocycles. The molecule has 3 heteroatoms. The van der Waals surface area contributed by atoms with E-state index >= 15 is 0 Å². The largest absolute Gasteiger partial charge is 0.469 e. The fourth-order valence-electron chi connectivity index (χ4n) is 5.46. The Bertz CT molecular complexity index is 451. The Morgan fingerprint density at radius 3 is 1.32 bits per heavy atom. The standard InChI is InChI=1S/C31H61NO2/c1-32(2)27-23-19-14-12-10-8-6-4-5-7-9-11-13-16-20-24-29-28-30(29)25-21-17-15-18-22-26-31(33)34-3/h29-30H,4-28H2,1-3H3. The van der Waals surface area contributed by atoms with Gasteiger partial charge in [-0.15, -0.1) is 0 Å². The van der Waals surface area contributed by atoms with Crippen LogP contribution >= 0.6 is 0 Å². The van der Waals surface area contributed by atoms with Gasteiger partial charge in [0.25, 0.3) is 0 Å². The number of methoxy groups -OCH3 is 1. The van der Waals surface area contributed by atoms with Crippen LogP contribution in [0, 0.1) is 11.8 Å². The lowest BCUT2D eigenvalue weighted by Gasteiger charge is -2.08. The molecule has 1 fully saturated rings. The summed E-state index contributed by atoms with van der Waals surface area (Å²) in [6.07, 6.45) is 33.1. The van der Waals surface area contributed by atoms with Crippen LogP contribution in [0.1, 0.15) is 154 Å². The fraction of sp³-hybridized carbons (Fsp3) is 0.968. The quantitative estimate of drug-likeness (QED) is 0.0914. The van der Waals surface area contributed by atoms with Gasteiger partial charge in [-0.3, -0.25) is 4.79 Å². The van der Waals surface area contributed by atoms with Crippen molar-refractivity contribution >= 4 is 5.97 Å². The fourth-order valence-corrected chi connectivity index (χ4v) is 5.46. The molecule has 1 saturated carbocycles. The second-order valence-electron chi connectivity index (χ2n) is 11.5. The number of unbranched alkanes of at least 4 members (excludes halogenated alkanes) is 18. The third kappa shape index (κ3) is 20.8. The van der Waals surface area contributed by atoms with Gasteiger partial charge >= 0.3 is 5.97 Å². The average molecular weight is 480 g/mol. The number of carbonyl (C=O) groups is 1. The smallest absolute Gasteiger partial charge is 0.305 e. The second kappa shape index (κ2) is 22.9. The molecular formula is C31H61NO2. The van der Waals surface area contributed by atoms with Crippen molar-refractivity contribution in [2.45, 2.75) is 154 Å². The van der Waals surface area contributed by atoms with Crippen LogP contribution in [0.5, 0.6) is 0 Å². The summed E-state index contributed by atoms with van der Waals surface area (Å²) in [5, 5.41) is 0. The van der Waals surface area contributed by atoms with Crippen LogP contribution in [0.4, 0.5) is 0 Å². The van der Waals surface area contributed by atoms with Gasteiger partial charge in [-0.25, -0.2) is 0 Å². The first-order valence-corrected chi connectivity index (χ1v) is 15.3. The molecule has 0 aromatic carbocycles. The van der Waals surface area contributed by atoms with E-state index < -0.39 is 0 Å². The van der Waals surface area contributed by atoms with Crippen LogP contribution in [-0.2, 0) is 9.53 Å². The molecule has 0 aromatic rings. The normalized spacial score (nSPS) is 17.4. The van der Waals surface area contributed by atoms with E-state index in [1.807, 2.05) is 0 Å². The maximum atomic E-state index is 11.1. The first kappa shape index (κ1) is 31.5. The molecule has 0 spiro atoms. The molecule has 0 amide bonds. The number of hydrogen-bond acceptors (Lipinski definition) is 3. The summed E-state index contributed by atoms with van der Waals surface area (Å²) in [5.74, 6) is 2.06. The van der Waals surface area contributed by atoms with Crippen molar-refractivity contribution in [3.63, 3.8) is 0 Å². The van der Waals surface area contributed by atoms with Crippen molar-refractivity contribution < 1.29 is 9.53 Å². The van der Waals surface area contributed by atoms with Gasteiger partial charge in [0.05, 0.1) is 7.11 Å². The van der Waals surface area contributed by atoms with E-state index in [9.17, 15) is 4.79 Å². The topological polar surface area (TPSA) is 29.5 Å². The molecule has 2 unspecified atom stereocenters. The third-order valence-corrected chi connectivity index (χ3v) is 7.93. The number of carbonyl (C=O) groups excluding carboxylic acids is 1. The SMILES string of the molecule is COC(=O)CCCCCCCC1CC1CCCCCCCCCCCCCCCCCN(C)C. The predicted octanol–water partition coefficient (Wildman–Crippen LogP) is 9.33. The zero-order valence-corrected chi connectivity index (χ0v) is 23.6. The number of esters is 1. The average Bonchev–Trinajstić information content (AvgIpc) is 3.58. The Morgan fingerprint density at radius 1 is 0.588 bits per heavy atom. The van der Waals surface area contributed by atoms with Gasteiger partial charge in [0.1, 0.15) is 0 Å². The minimum Gasteiger partial charge on any atom is -0.469 e. The highest BCUT2D eigenvalue weighted by molar-refractivity contribution is 5.68. The summed E-state index contributed by atoms with van der Waals surface area (Å²) < 4.78 is 4.69. The van der Waals surface area contributed by atoms with E-state index in [2.05, 4.69) is 23.7 Å². The summed E-state index contributed by atoms with van der Waals surface area (Å²) in [7, 11) is 5.83. The van der Waals surface area contributed by atoms with E-state index in [1.54, 1.807) is 0 Å². The van der Waals surface area contributed by atoms with Crippen molar-refractivity contribution in [1.29, 1.82) is 0 Å². The Morgan fingerprint density at radius 2 is 0.941 bits per heavy atom. The van der Waals surface area contributed by atoms with Crippen LogP contribution in [0.2, 0.25) is 0 Å². The first-order chi connectivity index (χ1) is 16.6. The molecule has 0 bridgehead atoms. The highest BCUT2D eigenvalue weighted by Crippen LogP contribution is 2.45. The molecule has 0 radical (unpaired) electrons. The van der Waals surface area contributed by atoms with Crippen LogP contribution in [0.25, 0.3) is 0 Å². The van der Waals surface area contributed by atoms with Gasteiger partial charge in [-0.05, 0) is 51.7 Å². The molecule has 34 heavy (non-hydrogen) atoms. The van der Waals surface area contributed by atoms with E-state index in [0.717, 1.165) is 18.3 Å². The summed E-state index contributed by atoms with van der Waals surface area (Å²) >= 11 is 0. The molecule has 1 aliphatic rings. The lowest BCUT2D eigenvalue weighted by atomic mass is 10.0. The molecule has 1 aliphatic carbocycles. The Balaban J connectivity index is 1.69. The highest BCUT2D eigenvalue weighted by atomic mass is 16.5. The monoisotopic (exact) mass is 479 g/mol. The summed E-state index contributed by atoms with van der Waals surface area (Å²) in [5.41, 5.74) is 0. The zero-order valence-electron chi connectivity index (χ0n) is 23.6. The van der Waals surface area contributed by atoms with Crippen LogP contribution < -0.4 is 0 Å². The van der Waals surface area contributed by atoms with Gasteiger partial charge in [-0.1, -0.05) is 128 Å². The number of ether oxygens (including phenoxy) is 1. The Labute approximate surface area is 214 Å². The van der Waals surface area contributed by atoms with Crippen molar-refractivity contribution in [3.05, 3.63) is 0 Å². The van der Waals surface area contributed by atoms with Crippen molar-refractivity contribution in [2.75, 3.05) is 27.7 Å². The molecular weight excluding hydrogens is 418 g/mol. The molecule has 0 aliphatic heterocycles. The maximum absolute atomic E-state index is 11.1. The van der Waals surface area contributed by atoms with Gasteiger partial charge in [0.2, 0.25) is 0 Å². The first-order valence-electron chi connectivity index (χ1n) is 15.3. The predicted molar refractivity (Wildman–Crippen MR) is 148 cm³/mol. The van der Waals surface area contributed by atoms with E-state index in [-0.39, 0.29) is 5.97 Å². The number of rotatable bonds is 26. The lowest BCUT2D eigenvalue weighted by Crippen LogP contribution is -2.12. The van der Waals surface area contributed by atoms with Crippen LogP contribution in [0.3, 0.4) is 0 Å². The molecule has 2 atom stereocenters.